The van der Waals surface area contributed by atoms with Crippen LogP contribution in [0.15, 0.2) is 21.3 Å². The van der Waals surface area contributed by atoms with Gasteiger partial charge in [0, 0.05) is 7.05 Å². The lowest BCUT2D eigenvalue weighted by atomic mass is 10.3. The molecule has 1 aromatic carbocycles. The number of hydrogen-bond acceptors (Lipinski definition) is 7. The number of carbonyl (C=O) groups excluding carboxylic acids is 1. The molecule has 1 heterocycles. The van der Waals surface area contributed by atoms with Crippen molar-refractivity contribution in [1.29, 1.82) is 0 Å². The number of halogens is 3. The molecule has 0 bridgehead atoms. The second-order valence-corrected chi connectivity index (χ2v) is 4.82. The van der Waals surface area contributed by atoms with E-state index in [1.807, 2.05) is 0 Å². The quantitative estimate of drug-likeness (QED) is 0.686. The largest absolute Gasteiger partial charge is 0.491 e. The highest BCUT2D eigenvalue weighted by molar-refractivity contribution is 7.62. The summed E-state index contributed by atoms with van der Waals surface area (Å²) in [5, 5.41) is 3.41. The van der Waals surface area contributed by atoms with Crippen LogP contribution in [-0.4, -0.2) is 43.0 Å². The van der Waals surface area contributed by atoms with Gasteiger partial charge in [0.25, 0.3) is 0 Å². The first-order valence-electron chi connectivity index (χ1n) is 6.37. The Morgan fingerprint density at radius 2 is 1.73 bits per heavy atom. The Morgan fingerprint density at radius 1 is 1.15 bits per heavy atom. The zero-order chi connectivity index (χ0) is 20.0. The third kappa shape index (κ3) is 4.69. The third-order valence-corrected chi connectivity index (χ3v) is 2.97. The van der Waals surface area contributed by atoms with Gasteiger partial charge < -0.3 is 9.47 Å². The number of methoxy groups -OCH3 is 2. The van der Waals surface area contributed by atoms with Gasteiger partial charge in [-0.2, -0.15) is 12.8 Å². The van der Waals surface area contributed by atoms with Crippen molar-refractivity contribution in [3.63, 3.8) is 0 Å². The van der Waals surface area contributed by atoms with E-state index in [2.05, 4.69) is 18.9 Å². The van der Waals surface area contributed by atoms with E-state index in [0.717, 1.165) is 17.7 Å². The lowest BCUT2D eigenvalue weighted by Gasteiger charge is -2.02. The third-order valence-electron chi connectivity index (χ3n) is 2.66. The Bertz CT molecular complexity index is 1010. The molecule has 0 unspecified atom stereocenters. The van der Waals surface area contributed by atoms with Gasteiger partial charge in [-0.3, -0.25) is 0 Å². The molecular formula is C12H11F3N4O6S. The number of benzene rings is 1. The number of carbonyl (C=O) groups is 1. The minimum atomic E-state index is -2.93. The van der Waals surface area contributed by atoms with Crippen LogP contribution >= 0.6 is 0 Å². The van der Waals surface area contributed by atoms with Crippen molar-refractivity contribution in [2.24, 2.45) is 11.4 Å². The van der Waals surface area contributed by atoms with Crippen molar-refractivity contribution in [3.05, 3.63) is 40.1 Å². The van der Waals surface area contributed by atoms with Gasteiger partial charge in [0.1, 0.15) is 0 Å². The van der Waals surface area contributed by atoms with Crippen molar-refractivity contribution in [2.45, 2.75) is 0 Å². The topological polar surface area (TPSA) is 122 Å². The predicted octanol–water partition coefficient (Wildman–Crippen LogP) is 0.734. The van der Waals surface area contributed by atoms with E-state index in [1.165, 1.54) is 14.2 Å². The number of ether oxygens (including phenoxy) is 2. The molecule has 0 atom stereocenters. The summed E-state index contributed by atoms with van der Waals surface area (Å²) in [4.78, 5) is 22.3. The number of aromatic nitrogens is 3. The summed E-state index contributed by atoms with van der Waals surface area (Å²) in [6.07, 6.45) is 0. The summed E-state index contributed by atoms with van der Waals surface area (Å²) in [5.41, 5.74) is -0.842. The molecule has 2 aromatic rings. The molecule has 2 rings (SSSR count). The van der Waals surface area contributed by atoms with E-state index in [9.17, 15) is 31.2 Å². The minimum absolute atomic E-state index is 0.125. The summed E-state index contributed by atoms with van der Waals surface area (Å²) < 4.78 is 70.3. The summed E-state index contributed by atoms with van der Waals surface area (Å²) in [7, 11) is 0.703. The zero-order valence-corrected chi connectivity index (χ0v) is 14.3. The summed E-state index contributed by atoms with van der Waals surface area (Å²) in [6.45, 7) is 0. The fourth-order valence-electron chi connectivity index (χ4n) is 1.52. The van der Waals surface area contributed by atoms with Gasteiger partial charge in [0.05, 0.1) is 14.2 Å². The number of amides is 1. The zero-order valence-electron chi connectivity index (χ0n) is 13.4. The molecule has 0 radical (unpaired) electrons. The van der Waals surface area contributed by atoms with Gasteiger partial charge in [0.2, 0.25) is 5.82 Å². The maximum atomic E-state index is 12.5. The number of nitrogens with zero attached hydrogens (tertiary/aromatic N) is 4. The fraction of sp³-hybridized carbons (Fsp3) is 0.250. The van der Waals surface area contributed by atoms with Crippen LogP contribution in [-0.2, 0) is 17.5 Å². The lowest BCUT2D eigenvalue weighted by Crippen LogP contribution is -2.27. The molecule has 142 valence electrons. The van der Waals surface area contributed by atoms with Gasteiger partial charge in [-0.15, -0.1) is 9.78 Å². The Balaban J connectivity index is 0.000000273. The second-order valence-electron chi connectivity index (χ2n) is 4.21. The fourth-order valence-corrected chi connectivity index (χ4v) is 1.72. The van der Waals surface area contributed by atoms with E-state index in [-0.39, 0.29) is 10.7 Å². The number of hydrogen-bond donors (Lipinski definition) is 0. The highest BCUT2D eigenvalue weighted by Crippen LogP contribution is 2.22. The highest BCUT2D eigenvalue weighted by atomic mass is 32.2. The molecule has 14 heteroatoms. The van der Waals surface area contributed by atoms with Gasteiger partial charge in [0.15, 0.2) is 17.4 Å². The summed E-state index contributed by atoms with van der Waals surface area (Å²) in [5.74, 6) is -4.02. The van der Waals surface area contributed by atoms with E-state index in [0.29, 0.717) is 6.07 Å². The van der Waals surface area contributed by atoms with Gasteiger partial charge in [-0.1, -0.05) is 4.36 Å². The molecule has 1 aromatic heterocycles. The van der Waals surface area contributed by atoms with Crippen LogP contribution in [0.2, 0.25) is 0 Å². The monoisotopic (exact) mass is 396 g/mol. The SMILES string of the molecule is COc1c(F)ccc(F)c1F.COc1nn(C(=O)N=S(=O)=O)c(=O)n1C. The normalized spacial score (nSPS) is 9.77. The molecule has 10 nitrogen and oxygen atoms in total. The molecule has 0 aliphatic rings. The molecule has 26 heavy (non-hydrogen) atoms. The van der Waals surface area contributed by atoms with E-state index in [4.69, 9.17) is 0 Å². The van der Waals surface area contributed by atoms with Crippen LogP contribution in [0.5, 0.6) is 11.8 Å². The molecule has 0 saturated heterocycles. The molecule has 0 aliphatic carbocycles. The van der Waals surface area contributed by atoms with Crippen molar-refractivity contribution < 1.29 is 35.9 Å². The van der Waals surface area contributed by atoms with Crippen molar-refractivity contribution in [3.8, 4) is 11.8 Å². The molecule has 1 amide bonds. The Labute approximate surface area is 145 Å². The highest BCUT2D eigenvalue weighted by Gasteiger charge is 2.16. The van der Waals surface area contributed by atoms with Crippen LogP contribution in [0.3, 0.4) is 0 Å². The first-order chi connectivity index (χ1) is 12.1. The van der Waals surface area contributed by atoms with E-state index < -0.39 is 45.4 Å². The predicted molar refractivity (Wildman–Crippen MR) is 79.0 cm³/mol. The van der Waals surface area contributed by atoms with Gasteiger partial charge in [-0.25, -0.2) is 22.9 Å². The average Bonchev–Trinajstić information content (AvgIpc) is 2.87. The molecule has 0 saturated carbocycles. The average molecular weight is 396 g/mol. The molecule has 0 N–H and O–H groups in total. The van der Waals surface area contributed by atoms with Crippen LogP contribution in [0.25, 0.3) is 0 Å². The van der Waals surface area contributed by atoms with Crippen LogP contribution in [0, 0.1) is 17.5 Å². The molecule has 0 spiro atoms. The Kier molecular flexibility index (Phi) is 7.06. The smallest absolute Gasteiger partial charge is 0.387 e. The van der Waals surface area contributed by atoms with E-state index in [1.54, 1.807) is 0 Å². The van der Waals surface area contributed by atoms with Crippen LogP contribution in [0.1, 0.15) is 0 Å². The summed E-state index contributed by atoms with van der Waals surface area (Å²) >= 11 is 0. The number of rotatable bonds is 2. The minimum Gasteiger partial charge on any atom is -0.491 e. The van der Waals surface area contributed by atoms with Crippen molar-refractivity contribution in [1.82, 2.24) is 14.3 Å². The van der Waals surface area contributed by atoms with Crippen LogP contribution in [0.4, 0.5) is 18.0 Å². The Morgan fingerprint density at radius 3 is 2.15 bits per heavy atom. The maximum Gasteiger partial charge on any atom is 0.387 e. The second kappa shape index (κ2) is 8.80. The standard InChI is InChI=1S/C7H5F3O.C5H6N4O5S/c1-11-7-5(9)3-2-4(8)6(7)10;1-8-4(14-2)6-9(5(8)11)3(10)7-15(12)13/h2-3H,1H3;1-2H3. The summed E-state index contributed by atoms with van der Waals surface area (Å²) in [6, 6.07) is 0.0808. The Hall–Kier alpha value is -3.16. The lowest BCUT2D eigenvalue weighted by molar-refractivity contribution is 0.247. The molecular weight excluding hydrogens is 385 g/mol. The first-order valence-corrected chi connectivity index (χ1v) is 7.40. The molecule has 0 aliphatic heterocycles. The molecule has 0 fully saturated rings. The van der Waals surface area contributed by atoms with Gasteiger partial charge >= 0.3 is 28.2 Å². The first kappa shape index (κ1) is 20.9. The van der Waals surface area contributed by atoms with Crippen molar-refractivity contribution in [2.75, 3.05) is 14.2 Å². The van der Waals surface area contributed by atoms with Gasteiger partial charge in [-0.05, 0) is 12.1 Å². The van der Waals surface area contributed by atoms with E-state index >= 15 is 0 Å². The van der Waals surface area contributed by atoms with Crippen LogP contribution < -0.4 is 15.2 Å². The van der Waals surface area contributed by atoms with Crippen molar-refractivity contribution >= 4 is 16.5 Å². The maximum absolute atomic E-state index is 12.5.